The lowest BCUT2D eigenvalue weighted by Crippen LogP contribution is -2.45. The molecule has 0 aliphatic carbocycles. The summed E-state index contributed by atoms with van der Waals surface area (Å²) in [6, 6.07) is 3.86. The highest BCUT2D eigenvalue weighted by Crippen LogP contribution is 2.24. The first-order chi connectivity index (χ1) is 13.1. The molecule has 0 aromatic heterocycles. The molecule has 2 atom stereocenters. The molecule has 3 N–H and O–H groups in total. The maximum absolute atomic E-state index is 14.0. The summed E-state index contributed by atoms with van der Waals surface area (Å²) < 4.78 is 27.1. The lowest BCUT2D eigenvalue weighted by atomic mass is 10.0. The highest BCUT2D eigenvalue weighted by Gasteiger charge is 2.25. The van der Waals surface area contributed by atoms with Crippen molar-refractivity contribution in [3.63, 3.8) is 0 Å². The highest BCUT2D eigenvalue weighted by molar-refractivity contribution is 5.80. The molecule has 27 heavy (non-hydrogen) atoms. The van der Waals surface area contributed by atoms with Crippen LogP contribution < -0.4 is 15.5 Å². The molecule has 0 radical (unpaired) electrons. The molecular weight excluding hydrogens is 350 g/mol. The third kappa shape index (κ3) is 6.65. The molecule has 1 heterocycles. The van der Waals surface area contributed by atoms with E-state index in [-0.39, 0.29) is 12.6 Å². The van der Waals surface area contributed by atoms with Gasteiger partial charge in [0, 0.05) is 44.9 Å². The van der Waals surface area contributed by atoms with E-state index in [0.29, 0.717) is 31.2 Å². The van der Waals surface area contributed by atoms with Gasteiger partial charge in [-0.3, -0.25) is 4.99 Å². The van der Waals surface area contributed by atoms with Gasteiger partial charge >= 0.3 is 0 Å². The van der Waals surface area contributed by atoms with Crippen LogP contribution in [0.3, 0.4) is 0 Å². The summed E-state index contributed by atoms with van der Waals surface area (Å²) >= 11 is 0. The molecule has 2 rings (SSSR count). The van der Waals surface area contributed by atoms with E-state index in [9.17, 15) is 13.9 Å². The van der Waals surface area contributed by atoms with Crippen LogP contribution in [0.5, 0.6) is 0 Å². The number of aliphatic imine (C=N–C) groups is 1. The van der Waals surface area contributed by atoms with E-state index in [4.69, 9.17) is 0 Å². The number of halogens is 2. The fourth-order valence-electron chi connectivity index (χ4n) is 3.49. The summed E-state index contributed by atoms with van der Waals surface area (Å²) in [5.41, 5.74) is 0.439. The molecule has 0 spiro atoms. The lowest BCUT2D eigenvalue weighted by Gasteiger charge is -2.21. The Balaban J connectivity index is 1.95. The zero-order valence-electron chi connectivity index (χ0n) is 16.3. The monoisotopic (exact) mass is 382 g/mol. The number of benzene rings is 1. The fourth-order valence-corrected chi connectivity index (χ4v) is 3.49. The number of hydrogen-bond donors (Lipinski definition) is 3. The number of hydrogen-bond acceptors (Lipinski definition) is 3. The Morgan fingerprint density at radius 1 is 1.33 bits per heavy atom. The van der Waals surface area contributed by atoms with Crippen LogP contribution in [0.1, 0.15) is 39.5 Å². The number of rotatable bonds is 9. The van der Waals surface area contributed by atoms with Crippen molar-refractivity contribution in [1.82, 2.24) is 10.6 Å². The third-order valence-corrected chi connectivity index (χ3v) is 4.87. The van der Waals surface area contributed by atoms with Gasteiger partial charge in [-0.25, -0.2) is 8.78 Å². The summed E-state index contributed by atoms with van der Waals surface area (Å²) in [4.78, 5) is 6.61. The van der Waals surface area contributed by atoms with Crippen molar-refractivity contribution < 1.29 is 13.9 Å². The number of nitrogens with one attached hydrogen (secondary N) is 2. The summed E-state index contributed by atoms with van der Waals surface area (Å²) in [5.74, 6) is 0.0469. The molecule has 2 unspecified atom stereocenters. The largest absolute Gasteiger partial charge is 0.396 e. The van der Waals surface area contributed by atoms with Gasteiger partial charge in [-0.1, -0.05) is 13.3 Å². The van der Waals surface area contributed by atoms with E-state index >= 15 is 0 Å². The number of aliphatic hydroxyl groups is 1. The van der Waals surface area contributed by atoms with Crippen LogP contribution in [0, 0.1) is 17.6 Å². The van der Waals surface area contributed by atoms with Gasteiger partial charge in [-0.2, -0.15) is 0 Å². The fraction of sp³-hybridized carbons (Fsp3) is 0.650. The van der Waals surface area contributed by atoms with Crippen LogP contribution in [0.4, 0.5) is 14.5 Å². The minimum Gasteiger partial charge on any atom is -0.396 e. The average Bonchev–Trinajstić information content (AvgIpc) is 3.08. The zero-order chi connectivity index (χ0) is 19.6. The second-order valence-corrected chi connectivity index (χ2v) is 7.06. The van der Waals surface area contributed by atoms with Crippen LogP contribution in [-0.4, -0.2) is 49.9 Å². The smallest absolute Gasteiger partial charge is 0.191 e. The Labute approximate surface area is 160 Å². The van der Waals surface area contributed by atoms with Gasteiger partial charge < -0.3 is 20.6 Å². The quantitative estimate of drug-likeness (QED) is 0.454. The van der Waals surface area contributed by atoms with Gasteiger partial charge in [0.2, 0.25) is 0 Å². The molecule has 152 valence electrons. The van der Waals surface area contributed by atoms with Crippen molar-refractivity contribution in [2.45, 2.75) is 45.6 Å². The number of nitrogens with zero attached hydrogens (tertiary/aromatic N) is 2. The van der Waals surface area contributed by atoms with Gasteiger partial charge in [0.25, 0.3) is 0 Å². The minimum atomic E-state index is -0.559. The Hall–Kier alpha value is -1.89. The summed E-state index contributed by atoms with van der Waals surface area (Å²) in [7, 11) is 0. The van der Waals surface area contributed by atoms with E-state index in [1.165, 1.54) is 12.1 Å². The van der Waals surface area contributed by atoms with Crippen molar-refractivity contribution in [2.24, 2.45) is 10.9 Å². The molecular formula is C20H32F2N4O. The van der Waals surface area contributed by atoms with E-state index in [1.807, 2.05) is 11.8 Å². The number of guanidine groups is 1. The SMILES string of the molecule is CCCC(CCO)CN=C(NCC)NC1CCN(c2ccc(F)cc2F)C1. The molecule has 1 aromatic carbocycles. The van der Waals surface area contributed by atoms with E-state index in [2.05, 4.69) is 22.5 Å². The molecule has 1 fully saturated rings. The van der Waals surface area contributed by atoms with Gasteiger partial charge in [0.15, 0.2) is 5.96 Å². The van der Waals surface area contributed by atoms with Crippen LogP contribution in [0.25, 0.3) is 0 Å². The predicted octanol–water partition coefficient (Wildman–Crippen LogP) is 2.90. The first kappa shape index (κ1) is 21.4. The Kier molecular flexibility index (Phi) is 8.78. The highest BCUT2D eigenvalue weighted by atomic mass is 19.1. The van der Waals surface area contributed by atoms with Crippen LogP contribution in [0.15, 0.2) is 23.2 Å². The molecule has 1 saturated heterocycles. The Bertz CT molecular complexity index is 606. The molecule has 1 aromatic rings. The summed E-state index contributed by atoms with van der Waals surface area (Å²) in [5, 5.41) is 15.9. The minimum absolute atomic E-state index is 0.148. The van der Waals surface area contributed by atoms with Gasteiger partial charge in [0.1, 0.15) is 11.6 Å². The first-order valence-corrected chi connectivity index (χ1v) is 9.93. The molecule has 1 aliphatic heterocycles. The lowest BCUT2D eigenvalue weighted by molar-refractivity contribution is 0.253. The standard InChI is InChI=1S/C20H32F2N4O/c1-3-5-15(9-11-27)13-24-20(23-4-2)25-17-8-10-26(14-17)19-7-6-16(21)12-18(19)22/h6-7,12,15,17,27H,3-5,8-11,13-14H2,1-2H3,(H2,23,24,25). The number of anilines is 1. The maximum Gasteiger partial charge on any atom is 0.191 e. The summed E-state index contributed by atoms with van der Waals surface area (Å²) in [6.45, 7) is 7.12. The van der Waals surface area contributed by atoms with Gasteiger partial charge in [0.05, 0.1) is 5.69 Å². The molecule has 7 heteroatoms. The third-order valence-electron chi connectivity index (χ3n) is 4.87. The van der Waals surface area contributed by atoms with E-state index in [1.54, 1.807) is 0 Å². The van der Waals surface area contributed by atoms with Crippen molar-refractivity contribution >= 4 is 11.6 Å². The average molecular weight is 382 g/mol. The Morgan fingerprint density at radius 2 is 2.15 bits per heavy atom. The summed E-state index contributed by atoms with van der Waals surface area (Å²) in [6.07, 6.45) is 3.74. The Morgan fingerprint density at radius 3 is 2.81 bits per heavy atom. The van der Waals surface area contributed by atoms with Gasteiger partial charge in [-0.15, -0.1) is 0 Å². The van der Waals surface area contributed by atoms with E-state index < -0.39 is 11.6 Å². The van der Waals surface area contributed by atoms with Crippen LogP contribution >= 0.6 is 0 Å². The van der Waals surface area contributed by atoms with Crippen LogP contribution in [0.2, 0.25) is 0 Å². The van der Waals surface area contributed by atoms with Crippen LogP contribution in [-0.2, 0) is 0 Å². The van der Waals surface area contributed by atoms with Crippen molar-refractivity contribution in [1.29, 1.82) is 0 Å². The molecule has 5 nitrogen and oxygen atoms in total. The van der Waals surface area contributed by atoms with Crippen molar-refractivity contribution in [3.8, 4) is 0 Å². The number of aliphatic hydroxyl groups excluding tert-OH is 1. The second kappa shape index (κ2) is 11.1. The molecule has 0 amide bonds. The predicted molar refractivity (Wildman–Crippen MR) is 106 cm³/mol. The van der Waals surface area contributed by atoms with Crippen molar-refractivity contribution in [2.75, 3.05) is 37.7 Å². The maximum atomic E-state index is 14.0. The first-order valence-electron chi connectivity index (χ1n) is 9.93. The second-order valence-electron chi connectivity index (χ2n) is 7.06. The molecule has 0 saturated carbocycles. The van der Waals surface area contributed by atoms with Gasteiger partial charge in [-0.05, 0) is 44.2 Å². The topological polar surface area (TPSA) is 59.9 Å². The normalized spacial score (nSPS) is 18.6. The van der Waals surface area contributed by atoms with Crippen molar-refractivity contribution in [3.05, 3.63) is 29.8 Å². The van der Waals surface area contributed by atoms with E-state index in [0.717, 1.165) is 44.3 Å². The zero-order valence-corrected chi connectivity index (χ0v) is 16.3. The molecule has 1 aliphatic rings. The molecule has 0 bridgehead atoms.